The highest BCUT2D eigenvalue weighted by Crippen LogP contribution is 2.19. The van der Waals surface area contributed by atoms with Crippen molar-refractivity contribution in [2.24, 2.45) is 11.7 Å². The molecule has 0 spiro atoms. The van der Waals surface area contributed by atoms with Crippen molar-refractivity contribution in [2.45, 2.75) is 25.1 Å². The average molecular weight is 241 g/mol. The van der Waals surface area contributed by atoms with Gasteiger partial charge in [-0.15, -0.1) is 5.10 Å². The number of anilines is 1. The first-order valence-electron chi connectivity index (χ1n) is 5.61. The molecular formula is C10H19N5S. The van der Waals surface area contributed by atoms with E-state index in [1.807, 2.05) is 0 Å². The van der Waals surface area contributed by atoms with Crippen LogP contribution in [0.4, 0.5) is 5.95 Å². The maximum absolute atomic E-state index is 6.06. The van der Waals surface area contributed by atoms with Gasteiger partial charge in [0.2, 0.25) is 5.95 Å². The SMILES string of the molecule is CSCc1nc(N2CCC(C)C(N)C2)n[nH]1. The minimum Gasteiger partial charge on any atom is -0.338 e. The van der Waals surface area contributed by atoms with Crippen LogP contribution in [-0.4, -0.2) is 40.6 Å². The summed E-state index contributed by atoms with van der Waals surface area (Å²) in [5, 5.41) is 7.20. The second-order valence-corrected chi connectivity index (χ2v) is 5.26. The molecule has 0 aromatic carbocycles. The van der Waals surface area contributed by atoms with Gasteiger partial charge in [-0.1, -0.05) is 6.92 Å². The summed E-state index contributed by atoms with van der Waals surface area (Å²) in [7, 11) is 0. The Hall–Kier alpha value is -0.750. The number of nitrogens with one attached hydrogen (secondary N) is 1. The van der Waals surface area contributed by atoms with Gasteiger partial charge in [0, 0.05) is 19.1 Å². The Kier molecular flexibility index (Phi) is 3.70. The van der Waals surface area contributed by atoms with Crippen molar-refractivity contribution in [3.63, 3.8) is 0 Å². The van der Waals surface area contributed by atoms with Crippen molar-refractivity contribution in [1.29, 1.82) is 0 Å². The monoisotopic (exact) mass is 241 g/mol. The number of nitrogens with zero attached hydrogens (tertiary/aromatic N) is 3. The Morgan fingerprint density at radius 3 is 3.12 bits per heavy atom. The van der Waals surface area contributed by atoms with Crippen LogP contribution in [0.2, 0.25) is 0 Å². The molecule has 1 aliphatic heterocycles. The van der Waals surface area contributed by atoms with Crippen molar-refractivity contribution in [2.75, 3.05) is 24.2 Å². The Morgan fingerprint density at radius 2 is 2.44 bits per heavy atom. The molecule has 3 N–H and O–H groups in total. The van der Waals surface area contributed by atoms with Crippen LogP contribution in [0.3, 0.4) is 0 Å². The topological polar surface area (TPSA) is 70.8 Å². The highest BCUT2D eigenvalue weighted by atomic mass is 32.2. The summed E-state index contributed by atoms with van der Waals surface area (Å²) in [5.41, 5.74) is 6.06. The Balaban J connectivity index is 2.01. The van der Waals surface area contributed by atoms with E-state index in [0.29, 0.717) is 5.92 Å². The van der Waals surface area contributed by atoms with E-state index in [4.69, 9.17) is 5.73 Å². The third-order valence-corrected chi connectivity index (χ3v) is 3.66. The standard InChI is InChI=1S/C10H19N5S/c1-7-3-4-15(5-8(7)11)10-12-9(6-16-2)13-14-10/h7-8H,3-6,11H2,1-2H3,(H,12,13,14). The zero-order valence-corrected chi connectivity index (χ0v) is 10.6. The van der Waals surface area contributed by atoms with Crippen molar-refractivity contribution in [3.05, 3.63) is 5.82 Å². The number of nitrogens with two attached hydrogens (primary N) is 1. The molecule has 1 fully saturated rings. The van der Waals surface area contributed by atoms with E-state index in [1.54, 1.807) is 11.8 Å². The van der Waals surface area contributed by atoms with Gasteiger partial charge in [0.1, 0.15) is 5.82 Å². The fraction of sp³-hybridized carbons (Fsp3) is 0.800. The van der Waals surface area contributed by atoms with Gasteiger partial charge in [-0.2, -0.15) is 16.7 Å². The maximum Gasteiger partial charge on any atom is 0.244 e. The van der Waals surface area contributed by atoms with Gasteiger partial charge in [0.15, 0.2) is 0 Å². The third kappa shape index (κ3) is 2.49. The molecule has 16 heavy (non-hydrogen) atoms. The lowest BCUT2D eigenvalue weighted by atomic mass is 9.95. The summed E-state index contributed by atoms with van der Waals surface area (Å²) in [6, 6.07) is 0.233. The zero-order valence-electron chi connectivity index (χ0n) is 9.81. The van der Waals surface area contributed by atoms with Crippen LogP contribution in [0.5, 0.6) is 0 Å². The fourth-order valence-corrected chi connectivity index (χ4v) is 2.31. The minimum absolute atomic E-state index is 0.233. The number of hydrogen-bond donors (Lipinski definition) is 2. The van der Waals surface area contributed by atoms with Crippen molar-refractivity contribution >= 4 is 17.7 Å². The molecule has 90 valence electrons. The molecule has 1 aromatic heterocycles. The molecule has 2 atom stereocenters. The quantitative estimate of drug-likeness (QED) is 0.820. The molecule has 2 heterocycles. The smallest absolute Gasteiger partial charge is 0.244 e. The second kappa shape index (κ2) is 5.05. The first kappa shape index (κ1) is 11.7. The van der Waals surface area contributed by atoms with Crippen molar-refractivity contribution in [3.8, 4) is 0 Å². The van der Waals surface area contributed by atoms with E-state index in [-0.39, 0.29) is 6.04 Å². The number of aromatic amines is 1. The number of thioether (sulfide) groups is 1. The van der Waals surface area contributed by atoms with E-state index in [9.17, 15) is 0 Å². The van der Waals surface area contributed by atoms with Crippen LogP contribution < -0.4 is 10.6 Å². The highest BCUT2D eigenvalue weighted by molar-refractivity contribution is 7.97. The van der Waals surface area contributed by atoms with E-state index in [1.165, 1.54) is 0 Å². The van der Waals surface area contributed by atoms with Gasteiger partial charge in [0.25, 0.3) is 0 Å². The van der Waals surface area contributed by atoms with Gasteiger partial charge in [0.05, 0.1) is 5.75 Å². The fourth-order valence-electron chi connectivity index (χ4n) is 1.91. The van der Waals surface area contributed by atoms with Gasteiger partial charge < -0.3 is 10.6 Å². The number of hydrogen-bond acceptors (Lipinski definition) is 5. The normalized spacial score (nSPS) is 26.1. The number of piperidine rings is 1. The molecule has 5 nitrogen and oxygen atoms in total. The second-order valence-electron chi connectivity index (χ2n) is 4.39. The zero-order chi connectivity index (χ0) is 11.5. The summed E-state index contributed by atoms with van der Waals surface area (Å²) in [6.07, 6.45) is 3.17. The van der Waals surface area contributed by atoms with Gasteiger partial charge >= 0.3 is 0 Å². The van der Waals surface area contributed by atoms with Crippen LogP contribution in [0, 0.1) is 5.92 Å². The number of aromatic nitrogens is 3. The van der Waals surface area contributed by atoms with Crippen LogP contribution in [0.15, 0.2) is 0 Å². The largest absolute Gasteiger partial charge is 0.338 e. The average Bonchev–Trinajstić information content (AvgIpc) is 2.71. The first-order chi connectivity index (χ1) is 7.70. The Bertz CT molecular complexity index is 340. The molecule has 2 unspecified atom stereocenters. The molecule has 2 rings (SSSR count). The molecule has 1 saturated heterocycles. The molecule has 0 bridgehead atoms. The Labute approximate surface area is 100 Å². The lowest BCUT2D eigenvalue weighted by molar-refractivity contribution is 0.376. The van der Waals surface area contributed by atoms with Gasteiger partial charge in [-0.3, -0.25) is 5.10 Å². The van der Waals surface area contributed by atoms with Gasteiger partial charge in [-0.25, -0.2) is 0 Å². The predicted octanol–water partition coefficient (Wildman–Crippen LogP) is 0.841. The van der Waals surface area contributed by atoms with E-state index >= 15 is 0 Å². The van der Waals surface area contributed by atoms with E-state index in [0.717, 1.165) is 37.0 Å². The molecule has 0 saturated carbocycles. The predicted molar refractivity (Wildman–Crippen MR) is 67.6 cm³/mol. The molecule has 0 radical (unpaired) electrons. The maximum atomic E-state index is 6.06. The molecule has 1 aliphatic rings. The molecule has 0 aliphatic carbocycles. The Morgan fingerprint density at radius 1 is 1.62 bits per heavy atom. The van der Waals surface area contributed by atoms with Crippen LogP contribution in [-0.2, 0) is 5.75 Å². The summed E-state index contributed by atoms with van der Waals surface area (Å²) in [6.45, 7) is 4.07. The van der Waals surface area contributed by atoms with Crippen molar-refractivity contribution < 1.29 is 0 Å². The van der Waals surface area contributed by atoms with Crippen molar-refractivity contribution in [1.82, 2.24) is 15.2 Å². The third-order valence-electron chi connectivity index (χ3n) is 3.10. The van der Waals surface area contributed by atoms with Crippen LogP contribution in [0.25, 0.3) is 0 Å². The van der Waals surface area contributed by atoms with E-state index in [2.05, 4.69) is 33.3 Å². The summed E-state index contributed by atoms with van der Waals surface area (Å²) in [5.74, 6) is 3.21. The highest BCUT2D eigenvalue weighted by Gasteiger charge is 2.25. The van der Waals surface area contributed by atoms with E-state index < -0.39 is 0 Å². The summed E-state index contributed by atoms with van der Waals surface area (Å²) < 4.78 is 0. The number of H-pyrrole nitrogens is 1. The molecular weight excluding hydrogens is 222 g/mol. The molecule has 1 aromatic rings. The van der Waals surface area contributed by atoms with Gasteiger partial charge in [-0.05, 0) is 18.6 Å². The first-order valence-corrected chi connectivity index (χ1v) is 7.01. The summed E-state index contributed by atoms with van der Waals surface area (Å²) in [4.78, 5) is 6.64. The minimum atomic E-state index is 0.233. The molecule has 6 heteroatoms. The molecule has 0 amide bonds. The van der Waals surface area contributed by atoms with Crippen LogP contribution >= 0.6 is 11.8 Å². The summed E-state index contributed by atoms with van der Waals surface area (Å²) >= 11 is 1.74. The van der Waals surface area contributed by atoms with Crippen LogP contribution in [0.1, 0.15) is 19.2 Å². The lowest BCUT2D eigenvalue weighted by Gasteiger charge is -2.34. The lowest BCUT2D eigenvalue weighted by Crippen LogP contribution is -2.48. The number of rotatable bonds is 3.